The number of aryl methyl sites for hydroxylation is 2. The molecule has 0 aromatic heterocycles. The quantitative estimate of drug-likeness (QED) is 0.904. The summed E-state index contributed by atoms with van der Waals surface area (Å²) in [5.41, 5.74) is 8.72. The molecule has 0 amide bonds. The number of nitrogens with two attached hydrogens (primary N) is 1. The number of rotatable bonds is 3. The van der Waals surface area contributed by atoms with E-state index < -0.39 is 23.5 Å². The highest BCUT2D eigenvalue weighted by Crippen LogP contribution is 2.24. The lowest BCUT2D eigenvalue weighted by Gasteiger charge is -2.15. The van der Waals surface area contributed by atoms with Gasteiger partial charge < -0.3 is 5.73 Å². The molecule has 1 unspecified atom stereocenters. The fourth-order valence-corrected chi connectivity index (χ4v) is 2.19. The van der Waals surface area contributed by atoms with Crippen LogP contribution in [0.1, 0.15) is 28.3 Å². The van der Waals surface area contributed by atoms with Crippen molar-refractivity contribution < 1.29 is 13.2 Å². The molecule has 0 bridgehead atoms. The van der Waals surface area contributed by atoms with Crippen LogP contribution < -0.4 is 5.73 Å². The Labute approximate surface area is 116 Å². The molecule has 0 aliphatic heterocycles. The molecule has 2 N–H and O–H groups in total. The van der Waals surface area contributed by atoms with E-state index in [4.69, 9.17) is 5.73 Å². The van der Waals surface area contributed by atoms with Gasteiger partial charge in [-0.3, -0.25) is 0 Å². The van der Waals surface area contributed by atoms with Gasteiger partial charge in [0.1, 0.15) is 17.5 Å². The smallest absolute Gasteiger partial charge is 0.133 e. The third-order valence-electron chi connectivity index (χ3n) is 3.44. The molecule has 0 spiro atoms. The van der Waals surface area contributed by atoms with Crippen LogP contribution in [0.5, 0.6) is 0 Å². The average molecular weight is 279 g/mol. The van der Waals surface area contributed by atoms with Gasteiger partial charge in [0.25, 0.3) is 0 Å². The van der Waals surface area contributed by atoms with Gasteiger partial charge >= 0.3 is 0 Å². The normalized spacial score (nSPS) is 12.5. The minimum Gasteiger partial charge on any atom is -0.323 e. The second-order valence-electron chi connectivity index (χ2n) is 5.01. The first kappa shape index (κ1) is 14.6. The van der Waals surface area contributed by atoms with E-state index in [2.05, 4.69) is 0 Å². The van der Waals surface area contributed by atoms with E-state index in [1.54, 1.807) is 0 Å². The Kier molecular flexibility index (Phi) is 4.14. The number of halogens is 3. The van der Waals surface area contributed by atoms with E-state index in [-0.39, 0.29) is 5.56 Å². The summed E-state index contributed by atoms with van der Waals surface area (Å²) < 4.78 is 40.2. The fourth-order valence-electron chi connectivity index (χ4n) is 2.19. The fraction of sp³-hybridized carbons (Fsp3) is 0.250. The molecule has 0 aliphatic carbocycles. The summed E-state index contributed by atoms with van der Waals surface area (Å²) in [6.45, 7) is 3.95. The van der Waals surface area contributed by atoms with Crippen molar-refractivity contribution in [2.75, 3.05) is 0 Å². The first-order valence-electron chi connectivity index (χ1n) is 6.34. The van der Waals surface area contributed by atoms with E-state index in [0.717, 1.165) is 16.7 Å². The van der Waals surface area contributed by atoms with Crippen molar-refractivity contribution in [1.82, 2.24) is 0 Å². The largest absolute Gasteiger partial charge is 0.323 e. The van der Waals surface area contributed by atoms with Crippen molar-refractivity contribution in [3.63, 3.8) is 0 Å². The van der Waals surface area contributed by atoms with Gasteiger partial charge in [0.05, 0.1) is 0 Å². The zero-order valence-electron chi connectivity index (χ0n) is 11.4. The van der Waals surface area contributed by atoms with Crippen molar-refractivity contribution >= 4 is 0 Å². The van der Waals surface area contributed by atoms with Crippen LogP contribution in [-0.4, -0.2) is 0 Å². The number of benzene rings is 2. The van der Waals surface area contributed by atoms with E-state index in [1.165, 1.54) is 0 Å². The molecule has 0 saturated carbocycles. The van der Waals surface area contributed by atoms with Crippen molar-refractivity contribution in [3.8, 4) is 0 Å². The standard InChI is InChI=1S/C16H16F3N/c1-9-3-4-11(5-10(9)2)6-15(20)16-13(18)7-12(17)8-14(16)19/h3-5,7-8,15H,6,20H2,1-2H3. The molecule has 2 aromatic carbocycles. The van der Waals surface area contributed by atoms with Crippen molar-refractivity contribution in [3.05, 3.63) is 70.0 Å². The van der Waals surface area contributed by atoms with E-state index in [0.29, 0.717) is 18.6 Å². The first-order valence-corrected chi connectivity index (χ1v) is 6.34. The van der Waals surface area contributed by atoms with Gasteiger partial charge in [-0.1, -0.05) is 18.2 Å². The van der Waals surface area contributed by atoms with Gasteiger partial charge in [0.15, 0.2) is 0 Å². The molecule has 4 heteroatoms. The summed E-state index contributed by atoms with van der Waals surface area (Å²) in [4.78, 5) is 0. The predicted octanol–water partition coefficient (Wildman–Crippen LogP) is 3.96. The summed E-state index contributed by atoms with van der Waals surface area (Å²) in [6.07, 6.45) is 0.292. The average Bonchev–Trinajstić information content (AvgIpc) is 2.32. The molecular weight excluding hydrogens is 263 g/mol. The maximum Gasteiger partial charge on any atom is 0.133 e. The Morgan fingerprint density at radius 3 is 2.10 bits per heavy atom. The minimum absolute atomic E-state index is 0.273. The number of hydrogen-bond donors (Lipinski definition) is 1. The van der Waals surface area contributed by atoms with E-state index >= 15 is 0 Å². The topological polar surface area (TPSA) is 26.0 Å². The second-order valence-corrected chi connectivity index (χ2v) is 5.01. The third kappa shape index (κ3) is 3.02. The molecular formula is C16H16F3N. The predicted molar refractivity (Wildman–Crippen MR) is 72.9 cm³/mol. The highest BCUT2D eigenvalue weighted by atomic mass is 19.1. The Morgan fingerprint density at radius 2 is 1.55 bits per heavy atom. The van der Waals surface area contributed by atoms with Gasteiger partial charge in [0, 0.05) is 23.7 Å². The van der Waals surface area contributed by atoms with Crippen LogP contribution in [0, 0.1) is 31.3 Å². The molecule has 106 valence electrons. The lowest BCUT2D eigenvalue weighted by Crippen LogP contribution is -2.17. The van der Waals surface area contributed by atoms with Gasteiger partial charge in [-0.05, 0) is 37.0 Å². The van der Waals surface area contributed by atoms with Crippen LogP contribution in [0.15, 0.2) is 30.3 Å². The molecule has 0 radical (unpaired) electrons. The summed E-state index contributed by atoms with van der Waals surface area (Å²) in [5.74, 6) is -2.83. The maximum absolute atomic E-state index is 13.6. The van der Waals surface area contributed by atoms with Crippen LogP contribution in [-0.2, 0) is 6.42 Å². The molecule has 0 saturated heterocycles. The SMILES string of the molecule is Cc1ccc(CC(N)c2c(F)cc(F)cc2F)cc1C. The molecule has 20 heavy (non-hydrogen) atoms. The highest BCUT2D eigenvalue weighted by molar-refractivity contribution is 5.32. The van der Waals surface area contributed by atoms with Crippen molar-refractivity contribution in [2.45, 2.75) is 26.3 Å². The van der Waals surface area contributed by atoms with Crippen molar-refractivity contribution in [1.29, 1.82) is 0 Å². The van der Waals surface area contributed by atoms with Gasteiger partial charge in [-0.25, -0.2) is 13.2 Å². The summed E-state index contributed by atoms with van der Waals surface area (Å²) in [7, 11) is 0. The van der Waals surface area contributed by atoms with Crippen LogP contribution in [0.2, 0.25) is 0 Å². The molecule has 2 aromatic rings. The molecule has 1 nitrogen and oxygen atoms in total. The Bertz CT molecular complexity index is 615. The van der Waals surface area contributed by atoms with Crippen LogP contribution in [0.4, 0.5) is 13.2 Å². The van der Waals surface area contributed by atoms with E-state index in [1.807, 2.05) is 32.0 Å². The summed E-state index contributed by atoms with van der Waals surface area (Å²) in [6, 6.07) is 6.21. The zero-order valence-corrected chi connectivity index (χ0v) is 11.4. The first-order chi connectivity index (χ1) is 9.38. The van der Waals surface area contributed by atoms with Crippen molar-refractivity contribution in [2.24, 2.45) is 5.73 Å². The number of hydrogen-bond acceptors (Lipinski definition) is 1. The summed E-state index contributed by atoms with van der Waals surface area (Å²) in [5, 5.41) is 0. The third-order valence-corrected chi connectivity index (χ3v) is 3.44. The monoisotopic (exact) mass is 279 g/mol. The molecule has 0 heterocycles. The van der Waals surface area contributed by atoms with Crippen LogP contribution >= 0.6 is 0 Å². The maximum atomic E-state index is 13.6. The van der Waals surface area contributed by atoms with E-state index in [9.17, 15) is 13.2 Å². The van der Waals surface area contributed by atoms with Crippen LogP contribution in [0.25, 0.3) is 0 Å². The lowest BCUT2D eigenvalue weighted by molar-refractivity contribution is 0.501. The van der Waals surface area contributed by atoms with Gasteiger partial charge in [-0.15, -0.1) is 0 Å². The molecule has 0 aliphatic rings. The lowest BCUT2D eigenvalue weighted by atomic mass is 9.96. The zero-order chi connectivity index (χ0) is 14.9. The molecule has 0 fully saturated rings. The Hall–Kier alpha value is -1.81. The minimum atomic E-state index is -0.946. The molecule has 2 rings (SSSR count). The Morgan fingerprint density at radius 1 is 0.950 bits per heavy atom. The van der Waals surface area contributed by atoms with Gasteiger partial charge in [-0.2, -0.15) is 0 Å². The second kappa shape index (κ2) is 5.67. The highest BCUT2D eigenvalue weighted by Gasteiger charge is 2.18. The Balaban J connectivity index is 2.28. The summed E-state index contributed by atoms with van der Waals surface area (Å²) >= 11 is 0. The van der Waals surface area contributed by atoms with Gasteiger partial charge in [0.2, 0.25) is 0 Å². The molecule has 1 atom stereocenters. The van der Waals surface area contributed by atoms with Crippen LogP contribution in [0.3, 0.4) is 0 Å².